The Morgan fingerprint density at radius 2 is 2.07 bits per heavy atom. The quantitative estimate of drug-likeness (QED) is 0.503. The maximum atomic E-state index is 12.3. The Hall–Kier alpha value is -1.76. The van der Waals surface area contributed by atoms with Crippen LogP contribution in [0.2, 0.25) is 0 Å². The molecule has 0 unspecified atom stereocenters. The molecule has 2 aromatic rings. The van der Waals surface area contributed by atoms with Gasteiger partial charge in [0.05, 0.1) is 16.7 Å². The van der Waals surface area contributed by atoms with Crippen LogP contribution in [0.15, 0.2) is 18.2 Å². The van der Waals surface area contributed by atoms with E-state index in [1.54, 1.807) is 6.07 Å². The van der Waals surface area contributed by atoms with Crippen molar-refractivity contribution in [2.24, 2.45) is 5.84 Å². The first-order valence-corrected chi connectivity index (χ1v) is 4.04. The molecule has 0 saturated heterocycles. The number of alkyl halides is 3. The van der Waals surface area contributed by atoms with Crippen LogP contribution in [-0.2, 0) is 6.18 Å². The number of aromatic amines is 1. The molecule has 1 heterocycles. The SMILES string of the molecule is NNc1ccc2nc(C(F)(F)F)[nH]c2c1. The van der Waals surface area contributed by atoms with Crippen molar-refractivity contribution in [1.82, 2.24) is 9.97 Å². The lowest BCUT2D eigenvalue weighted by Gasteiger charge is -1.99. The van der Waals surface area contributed by atoms with E-state index in [0.717, 1.165) is 0 Å². The third-order valence-corrected chi connectivity index (χ3v) is 1.92. The number of nitrogens with one attached hydrogen (secondary N) is 2. The van der Waals surface area contributed by atoms with Gasteiger partial charge in [-0.3, -0.25) is 5.84 Å². The summed E-state index contributed by atoms with van der Waals surface area (Å²) in [6, 6.07) is 4.46. The summed E-state index contributed by atoms with van der Waals surface area (Å²) in [5.74, 6) is 4.12. The largest absolute Gasteiger partial charge is 0.449 e. The van der Waals surface area contributed by atoms with Gasteiger partial charge in [0.2, 0.25) is 5.82 Å². The van der Waals surface area contributed by atoms with Gasteiger partial charge in [-0.2, -0.15) is 13.2 Å². The lowest BCUT2D eigenvalue weighted by atomic mass is 10.3. The molecule has 0 saturated carbocycles. The molecule has 0 aliphatic heterocycles. The number of hydrogen-bond donors (Lipinski definition) is 3. The number of anilines is 1. The van der Waals surface area contributed by atoms with E-state index < -0.39 is 12.0 Å². The van der Waals surface area contributed by atoms with Crippen LogP contribution in [0.25, 0.3) is 11.0 Å². The fourth-order valence-electron chi connectivity index (χ4n) is 1.23. The molecule has 80 valence electrons. The topological polar surface area (TPSA) is 66.7 Å². The molecule has 2 rings (SSSR count). The molecule has 0 aliphatic rings. The minimum Gasteiger partial charge on any atom is -0.334 e. The Morgan fingerprint density at radius 3 is 2.67 bits per heavy atom. The van der Waals surface area contributed by atoms with Crippen molar-refractivity contribution in [2.45, 2.75) is 6.18 Å². The van der Waals surface area contributed by atoms with E-state index in [0.29, 0.717) is 5.69 Å². The number of hydrogen-bond acceptors (Lipinski definition) is 3. The highest BCUT2D eigenvalue weighted by Crippen LogP contribution is 2.29. The van der Waals surface area contributed by atoms with Gasteiger partial charge in [-0.15, -0.1) is 0 Å². The van der Waals surface area contributed by atoms with Crippen LogP contribution in [0.3, 0.4) is 0 Å². The van der Waals surface area contributed by atoms with Gasteiger partial charge in [-0.05, 0) is 18.2 Å². The number of imidazole rings is 1. The first-order valence-electron chi connectivity index (χ1n) is 4.04. The van der Waals surface area contributed by atoms with E-state index in [-0.39, 0.29) is 11.0 Å². The number of halogens is 3. The minimum absolute atomic E-state index is 0.251. The van der Waals surface area contributed by atoms with Gasteiger partial charge in [0.25, 0.3) is 0 Å². The van der Waals surface area contributed by atoms with Crippen molar-refractivity contribution >= 4 is 16.7 Å². The molecule has 0 spiro atoms. The number of nitrogens with zero attached hydrogens (tertiary/aromatic N) is 1. The summed E-state index contributed by atoms with van der Waals surface area (Å²) in [5.41, 5.74) is 3.39. The summed E-state index contributed by atoms with van der Waals surface area (Å²) in [6.45, 7) is 0. The van der Waals surface area contributed by atoms with E-state index >= 15 is 0 Å². The standard InChI is InChI=1S/C8H7F3N4/c9-8(10,11)7-13-5-2-1-4(15-12)3-6(5)14-7/h1-3,15H,12H2,(H,13,14). The Morgan fingerprint density at radius 1 is 1.33 bits per heavy atom. The normalized spacial score (nSPS) is 12.0. The van der Waals surface area contributed by atoms with Crippen molar-refractivity contribution < 1.29 is 13.2 Å². The van der Waals surface area contributed by atoms with Gasteiger partial charge in [0, 0.05) is 0 Å². The summed E-state index contributed by atoms with van der Waals surface area (Å²) in [6.07, 6.45) is -4.46. The number of H-pyrrole nitrogens is 1. The first-order chi connectivity index (χ1) is 7.00. The van der Waals surface area contributed by atoms with Crippen molar-refractivity contribution in [3.05, 3.63) is 24.0 Å². The molecule has 0 aliphatic carbocycles. The molecule has 0 bridgehead atoms. The van der Waals surface area contributed by atoms with Crippen molar-refractivity contribution in [1.29, 1.82) is 0 Å². The summed E-state index contributed by atoms with van der Waals surface area (Å²) in [5, 5.41) is 0. The molecule has 0 amide bonds. The molecule has 0 radical (unpaired) electrons. The number of benzene rings is 1. The van der Waals surface area contributed by atoms with Crippen LogP contribution in [0.5, 0.6) is 0 Å². The second-order valence-electron chi connectivity index (χ2n) is 2.96. The van der Waals surface area contributed by atoms with E-state index in [1.165, 1.54) is 12.1 Å². The predicted molar refractivity (Wildman–Crippen MR) is 48.9 cm³/mol. The Bertz CT molecular complexity index is 488. The fraction of sp³-hybridized carbons (Fsp3) is 0.125. The first kappa shape index (κ1) is 9.78. The molecule has 1 aromatic carbocycles. The molecule has 4 N–H and O–H groups in total. The second-order valence-corrected chi connectivity index (χ2v) is 2.96. The molecule has 0 atom stereocenters. The van der Waals surface area contributed by atoms with Gasteiger partial charge >= 0.3 is 6.18 Å². The highest BCUT2D eigenvalue weighted by Gasteiger charge is 2.34. The number of fused-ring (bicyclic) bond motifs is 1. The van der Waals surface area contributed by atoms with Gasteiger partial charge in [0.15, 0.2) is 0 Å². The third-order valence-electron chi connectivity index (χ3n) is 1.92. The van der Waals surface area contributed by atoms with E-state index in [4.69, 9.17) is 5.84 Å². The van der Waals surface area contributed by atoms with Crippen LogP contribution in [-0.4, -0.2) is 9.97 Å². The van der Waals surface area contributed by atoms with Crippen LogP contribution in [0, 0.1) is 0 Å². The Labute approximate surface area is 82.3 Å². The number of aromatic nitrogens is 2. The van der Waals surface area contributed by atoms with E-state index in [1.807, 2.05) is 0 Å². The highest BCUT2D eigenvalue weighted by molar-refractivity contribution is 5.79. The van der Waals surface area contributed by atoms with Gasteiger partial charge < -0.3 is 10.4 Å². The molecule has 1 aromatic heterocycles. The minimum atomic E-state index is -4.46. The maximum absolute atomic E-state index is 12.3. The summed E-state index contributed by atoms with van der Waals surface area (Å²) in [7, 11) is 0. The van der Waals surface area contributed by atoms with Crippen LogP contribution in [0.4, 0.5) is 18.9 Å². The zero-order valence-corrected chi connectivity index (χ0v) is 7.39. The Kier molecular flexibility index (Phi) is 2.04. The zero-order chi connectivity index (χ0) is 11.1. The second kappa shape index (κ2) is 3.13. The zero-order valence-electron chi connectivity index (χ0n) is 7.39. The molecule has 0 fully saturated rings. The van der Waals surface area contributed by atoms with Crippen LogP contribution < -0.4 is 11.3 Å². The summed E-state index contributed by atoms with van der Waals surface area (Å²) < 4.78 is 36.8. The smallest absolute Gasteiger partial charge is 0.334 e. The lowest BCUT2D eigenvalue weighted by Crippen LogP contribution is -2.07. The average Bonchev–Trinajstić information content (AvgIpc) is 2.59. The van der Waals surface area contributed by atoms with Crippen LogP contribution in [0.1, 0.15) is 5.82 Å². The highest BCUT2D eigenvalue weighted by atomic mass is 19.4. The Balaban J connectivity index is 2.56. The number of hydrazine groups is 1. The van der Waals surface area contributed by atoms with Gasteiger partial charge in [-0.25, -0.2) is 4.98 Å². The summed E-state index contributed by atoms with van der Waals surface area (Å²) >= 11 is 0. The van der Waals surface area contributed by atoms with E-state index in [9.17, 15) is 13.2 Å². The van der Waals surface area contributed by atoms with Gasteiger partial charge in [0.1, 0.15) is 0 Å². The third kappa shape index (κ3) is 1.73. The molecular weight excluding hydrogens is 209 g/mol. The van der Waals surface area contributed by atoms with Crippen LogP contribution >= 0.6 is 0 Å². The number of rotatable bonds is 1. The van der Waals surface area contributed by atoms with Gasteiger partial charge in [-0.1, -0.05) is 0 Å². The average molecular weight is 216 g/mol. The fourth-order valence-corrected chi connectivity index (χ4v) is 1.23. The lowest BCUT2D eigenvalue weighted by molar-refractivity contribution is -0.144. The van der Waals surface area contributed by atoms with Crippen molar-refractivity contribution in [2.75, 3.05) is 5.43 Å². The molecule has 15 heavy (non-hydrogen) atoms. The van der Waals surface area contributed by atoms with Crippen molar-refractivity contribution in [3.8, 4) is 0 Å². The monoisotopic (exact) mass is 216 g/mol. The van der Waals surface area contributed by atoms with Crippen molar-refractivity contribution in [3.63, 3.8) is 0 Å². The maximum Gasteiger partial charge on any atom is 0.449 e. The molecule has 7 heteroatoms. The molecule has 4 nitrogen and oxygen atoms in total. The number of nitrogens with two attached hydrogens (primary N) is 1. The summed E-state index contributed by atoms with van der Waals surface area (Å²) in [4.78, 5) is 5.59. The number of nitrogen functional groups attached to an aromatic ring is 1. The predicted octanol–water partition coefficient (Wildman–Crippen LogP) is 1.87. The molecular formula is C8H7F3N4. The van der Waals surface area contributed by atoms with E-state index in [2.05, 4.69) is 15.4 Å².